The molecule has 1 atom stereocenters. The fraction of sp³-hybridized carbons (Fsp3) is 0.435. The molecule has 2 aromatic carbocycles. The Morgan fingerprint density at radius 1 is 1.23 bits per heavy atom. The molecular weight excluding hydrogens is 422 g/mol. The highest BCUT2D eigenvalue weighted by Gasteiger charge is 2.35. The van der Waals surface area contributed by atoms with Crippen molar-refractivity contribution in [3.05, 3.63) is 64.2 Å². The molecule has 162 valence electrons. The fourth-order valence-electron chi connectivity index (χ4n) is 3.72. The van der Waals surface area contributed by atoms with Crippen LogP contribution >= 0.6 is 11.6 Å². The van der Waals surface area contributed by atoms with Crippen molar-refractivity contribution >= 4 is 27.3 Å². The number of carbonyl (C=O) groups is 1. The second-order valence-corrected chi connectivity index (χ2v) is 10.8. The van der Waals surface area contributed by atoms with Crippen molar-refractivity contribution in [3.8, 4) is 5.75 Å². The van der Waals surface area contributed by atoms with Crippen molar-refractivity contribution in [2.45, 2.75) is 45.7 Å². The zero-order valence-corrected chi connectivity index (χ0v) is 19.2. The standard InChI is InChI=1S/C23H28ClNO4S/c1-16(2)20-9-8-17(3)12-22(20)29-14-23(26)25(19-10-11-30(27,28)15-19)13-18-6-4-5-7-21(18)24/h4-9,12,16,19H,10-11,13-15H2,1-3H3/t19-/m1/s1. The Morgan fingerprint density at radius 2 is 1.97 bits per heavy atom. The zero-order valence-electron chi connectivity index (χ0n) is 17.6. The summed E-state index contributed by atoms with van der Waals surface area (Å²) >= 11 is 6.29. The first-order valence-corrected chi connectivity index (χ1v) is 12.3. The van der Waals surface area contributed by atoms with Crippen molar-refractivity contribution in [2.75, 3.05) is 18.1 Å². The van der Waals surface area contributed by atoms with E-state index in [1.54, 1.807) is 11.0 Å². The Bertz CT molecular complexity index is 1020. The number of sulfone groups is 1. The number of ether oxygens (including phenoxy) is 1. The Labute approximate surface area is 183 Å². The topological polar surface area (TPSA) is 63.7 Å². The minimum Gasteiger partial charge on any atom is -0.483 e. The smallest absolute Gasteiger partial charge is 0.261 e. The molecule has 1 saturated heterocycles. The summed E-state index contributed by atoms with van der Waals surface area (Å²) in [6.45, 7) is 6.24. The minimum absolute atomic E-state index is 0.0229. The molecule has 1 aliphatic heterocycles. The van der Waals surface area contributed by atoms with Crippen LogP contribution in [0.4, 0.5) is 0 Å². The highest BCUT2D eigenvalue weighted by atomic mass is 35.5. The molecule has 2 aromatic rings. The van der Waals surface area contributed by atoms with Gasteiger partial charge >= 0.3 is 0 Å². The molecule has 0 aliphatic carbocycles. The van der Waals surface area contributed by atoms with Crippen LogP contribution in [0, 0.1) is 6.92 Å². The molecule has 0 radical (unpaired) electrons. The van der Waals surface area contributed by atoms with E-state index >= 15 is 0 Å². The predicted molar refractivity (Wildman–Crippen MR) is 120 cm³/mol. The maximum atomic E-state index is 13.2. The van der Waals surface area contributed by atoms with Crippen LogP contribution in [0.3, 0.4) is 0 Å². The van der Waals surface area contributed by atoms with E-state index in [1.165, 1.54) is 0 Å². The number of hydrogen-bond acceptors (Lipinski definition) is 4. The summed E-state index contributed by atoms with van der Waals surface area (Å²) in [5.74, 6) is 0.781. The fourth-order valence-corrected chi connectivity index (χ4v) is 5.64. The van der Waals surface area contributed by atoms with Gasteiger partial charge in [-0.3, -0.25) is 4.79 Å². The van der Waals surface area contributed by atoms with Crippen LogP contribution in [-0.2, 0) is 21.2 Å². The second kappa shape index (κ2) is 9.40. The predicted octanol–water partition coefficient (Wildman–Crippen LogP) is 4.37. The summed E-state index contributed by atoms with van der Waals surface area (Å²) in [5.41, 5.74) is 2.88. The Kier molecular flexibility index (Phi) is 7.09. The molecule has 0 spiro atoms. The van der Waals surface area contributed by atoms with Gasteiger partial charge < -0.3 is 9.64 Å². The number of aryl methyl sites for hydroxylation is 1. The van der Waals surface area contributed by atoms with Gasteiger partial charge in [0.15, 0.2) is 16.4 Å². The highest BCUT2D eigenvalue weighted by molar-refractivity contribution is 7.91. The van der Waals surface area contributed by atoms with Crippen molar-refractivity contribution in [1.29, 1.82) is 0 Å². The van der Waals surface area contributed by atoms with Crippen molar-refractivity contribution in [2.24, 2.45) is 0 Å². The summed E-state index contributed by atoms with van der Waals surface area (Å²) in [6.07, 6.45) is 0.431. The van der Waals surface area contributed by atoms with E-state index in [2.05, 4.69) is 13.8 Å². The second-order valence-electron chi connectivity index (χ2n) is 8.15. The van der Waals surface area contributed by atoms with Crippen molar-refractivity contribution < 1.29 is 17.9 Å². The third kappa shape index (κ3) is 5.55. The summed E-state index contributed by atoms with van der Waals surface area (Å²) in [6, 6.07) is 12.9. The molecule has 1 aliphatic rings. The van der Waals surface area contributed by atoms with Crippen LogP contribution in [0.25, 0.3) is 0 Å². The molecule has 0 bridgehead atoms. The van der Waals surface area contributed by atoms with E-state index < -0.39 is 9.84 Å². The SMILES string of the molecule is Cc1ccc(C(C)C)c(OCC(=O)N(Cc2ccccc2Cl)[C@@H]2CCS(=O)(=O)C2)c1. The molecule has 1 fully saturated rings. The lowest BCUT2D eigenvalue weighted by Crippen LogP contribution is -2.43. The molecule has 0 N–H and O–H groups in total. The normalized spacial score (nSPS) is 17.8. The van der Waals surface area contributed by atoms with Gasteiger partial charge in [0.1, 0.15) is 5.75 Å². The monoisotopic (exact) mass is 449 g/mol. The van der Waals surface area contributed by atoms with Gasteiger partial charge in [-0.05, 0) is 48.1 Å². The van der Waals surface area contributed by atoms with Crippen LogP contribution in [-0.4, -0.2) is 43.4 Å². The van der Waals surface area contributed by atoms with Gasteiger partial charge in [-0.25, -0.2) is 8.42 Å². The number of rotatable bonds is 7. The van der Waals surface area contributed by atoms with Gasteiger partial charge in [-0.2, -0.15) is 0 Å². The molecular formula is C23H28ClNO4S. The first-order valence-electron chi connectivity index (χ1n) is 10.1. The van der Waals surface area contributed by atoms with E-state index in [0.717, 1.165) is 16.7 Å². The van der Waals surface area contributed by atoms with E-state index in [1.807, 2.05) is 43.3 Å². The summed E-state index contributed by atoms with van der Waals surface area (Å²) in [7, 11) is -3.13. The zero-order chi connectivity index (χ0) is 21.9. The van der Waals surface area contributed by atoms with E-state index in [9.17, 15) is 13.2 Å². The highest BCUT2D eigenvalue weighted by Crippen LogP contribution is 2.28. The number of carbonyl (C=O) groups excluding carboxylic acids is 1. The van der Waals surface area contributed by atoms with Crippen LogP contribution in [0.1, 0.15) is 42.9 Å². The molecule has 0 aromatic heterocycles. The molecule has 0 unspecified atom stereocenters. The number of nitrogens with zero attached hydrogens (tertiary/aromatic N) is 1. The van der Waals surface area contributed by atoms with Gasteiger partial charge in [0, 0.05) is 17.6 Å². The van der Waals surface area contributed by atoms with Crippen molar-refractivity contribution in [3.63, 3.8) is 0 Å². The maximum absolute atomic E-state index is 13.2. The first-order chi connectivity index (χ1) is 14.2. The molecule has 5 nitrogen and oxygen atoms in total. The quantitative estimate of drug-likeness (QED) is 0.629. The number of hydrogen-bond donors (Lipinski definition) is 0. The number of halogens is 1. The third-order valence-corrected chi connectivity index (χ3v) is 7.53. The Morgan fingerprint density at radius 3 is 2.60 bits per heavy atom. The number of benzene rings is 2. The van der Waals surface area contributed by atoms with E-state index in [0.29, 0.717) is 17.2 Å². The first kappa shape index (κ1) is 22.6. The molecule has 3 rings (SSSR count). The molecule has 1 heterocycles. The van der Waals surface area contributed by atoms with Crippen LogP contribution in [0.15, 0.2) is 42.5 Å². The van der Waals surface area contributed by atoms with Gasteiger partial charge in [0.05, 0.1) is 11.5 Å². The van der Waals surface area contributed by atoms with Crippen LogP contribution in [0.5, 0.6) is 5.75 Å². The lowest BCUT2D eigenvalue weighted by molar-refractivity contribution is -0.136. The molecule has 30 heavy (non-hydrogen) atoms. The average molecular weight is 450 g/mol. The lowest BCUT2D eigenvalue weighted by Gasteiger charge is -2.29. The average Bonchev–Trinajstić information content (AvgIpc) is 3.04. The lowest BCUT2D eigenvalue weighted by atomic mass is 10.0. The Hall–Kier alpha value is -2.05. The van der Waals surface area contributed by atoms with E-state index in [-0.39, 0.29) is 42.5 Å². The van der Waals surface area contributed by atoms with Crippen molar-refractivity contribution in [1.82, 2.24) is 4.90 Å². The third-order valence-electron chi connectivity index (χ3n) is 5.41. The van der Waals surface area contributed by atoms with Gasteiger partial charge in [-0.1, -0.05) is 55.8 Å². The minimum atomic E-state index is -3.13. The van der Waals surface area contributed by atoms with Gasteiger partial charge in [0.25, 0.3) is 5.91 Å². The summed E-state index contributed by atoms with van der Waals surface area (Å²) < 4.78 is 30.0. The maximum Gasteiger partial charge on any atom is 0.261 e. The van der Waals surface area contributed by atoms with Crippen LogP contribution in [0.2, 0.25) is 5.02 Å². The molecule has 0 saturated carbocycles. The molecule has 7 heteroatoms. The van der Waals surface area contributed by atoms with Gasteiger partial charge in [0.2, 0.25) is 0 Å². The van der Waals surface area contributed by atoms with Crippen LogP contribution < -0.4 is 4.74 Å². The summed E-state index contributed by atoms with van der Waals surface area (Å²) in [4.78, 5) is 14.8. The number of amides is 1. The van der Waals surface area contributed by atoms with E-state index in [4.69, 9.17) is 16.3 Å². The largest absolute Gasteiger partial charge is 0.483 e. The Balaban J connectivity index is 1.80. The van der Waals surface area contributed by atoms with Gasteiger partial charge in [-0.15, -0.1) is 0 Å². The summed E-state index contributed by atoms with van der Waals surface area (Å²) in [5, 5.41) is 0.554. The molecule has 1 amide bonds.